The molecule has 0 aliphatic carbocycles. The van der Waals surface area contributed by atoms with Gasteiger partial charge < -0.3 is 15.3 Å². The van der Waals surface area contributed by atoms with E-state index in [1.165, 1.54) is 4.90 Å². The first-order valence-corrected chi connectivity index (χ1v) is 6.02. The highest BCUT2D eigenvalue weighted by Gasteiger charge is 2.28. The molecule has 0 bridgehead atoms. The Labute approximate surface area is 108 Å². The van der Waals surface area contributed by atoms with Crippen LogP contribution in [0, 0.1) is 0 Å². The van der Waals surface area contributed by atoms with E-state index in [2.05, 4.69) is 10.3 Å². The van der Waals surface area contributed by atoms with Gasteiger partial charge in [0, 0.05) is 19.8 Å². The first-order chi connectivity index (χ1) is 8.44. The van der Waals surface area contributed by atoms with Crippen molar-refractivity contribution in [3.63, 3.8) is 0 Å². The smallest absolute Gasteiger partial charge is 0.257 e. The quantitative estimate of drug-likeness (QED) is 0.829. The highest BCUT2D eigenvalue weighted by Crippen LogP contribution is 2.19. The Morgan fingerprint density at radius 3 is 2.78 bits per heavy atom. The highest BCUT2D eigenvalue weighted by molar-refractivity contribution is 5.99. The molecule has 2 N–H and O–H groups in total. The van der Waals surface area contributed by atoms with Crippen LogP contribution in [0.1, 0.15) is 31.1 Å². The molecule has 1 amide bonds. The maximum atomic E-state index is 12.4. The van der Waals surface area contributed by atoms with E-state index in [0.29, 0.717) is 17.9 Å². The Morgan fingerprint density at radius 2 is 2.22 bits per heavy atom. The second-order valence-electron chi connectivity index (χ2n) is 4.76. The van der Waals surface area contributed by atoms with E-state index in [1.54, 1.807) is 25.4 Å². The van der Waals surface area contributed by atoms with E-state index < -0.39 is 5.54 Å². The van der Waals surface area contributed by atoms with Crippen LogP contribution in [0.3, 0.4) is 0 Å². The number of aliphatic hydroxyl groups is 1. The normalized spacial score (nSPS) is 11.2. The van der Waals surface area contributed by atoms with Gasteiger partial charge in [0.2, 0.25) is 0 Å². The van der Waals surface area contributed by atoms with Crippen molar-refractivity contribution in [2.45, 2.75) is 26.3 Å². The third-order valence-electron chi connectivity index (χ3n) is 2.98. The molecule has 1 aromatic heterocycles. The minimum absolute atomic E-state index is 0.0912. The van der Waals surface area contributed by atoms with Crippen LogP contribution in [-0.2, 0) is 0 Å². The van der Waals surface area contributed by atoms with Crippen molar-refractivity contribution in [1.82, 2.24) is 9.88 Å². The molecule has 0 atom stereocenters. The summed E-state index contributed by atoms with van der Waals surface area (Å²) in [5, 5.41) is 12.4. The molecule has 5 heteroatoms. The molecule has 1 rings (SSSR count). The molecule has 0 saturated carbocycles. The Balaban J connectivity index is 3.04. The average Bonchev–Trinajstić information content (AvgIpc) is 2.38. The summed E-state index contributed by atoms with van der Waals surface area (Å²) in [6, 6.07) is 3.46. The van der Waals surface area contributed by atoms with Crippen molar-refractivity contribution in [3.8, 4) is 0 Å². The van der Waals surface area contributed by atoms with Gasteiger partial charge in [-0.1, -0.05) is 0 Å². The SMILES string of the molecule is CCNc1ncccc1C(=O)N(C)C(C)(C)CO. The van der Waals surface area contributed by atoms with Gasteiger partial charge in [-0.15, -0.1) is 0 Å². The minimum atomic E-state index is -0.601. The molecule has 1 aromatic rings. The number of carbonyl (C=O) groups is 1. The maximum absolute atomic E-state index is 12.4. The number of pyridine rings is 1. The van der Waals surface area contributed by atoms with E-state index in [-0.39, 0.29) is 12.5 Å². The van der Waals surface area contributed by atoms with Crippen LogP contribution in [0.4, 0.5) is 5.82 Å². The Kier molecular flexibility index (Phi) is 4.67. The van der Waals surface area contributed by atoms with Gasteiger partial charge in [0.15, 0.2) is 0 Å². The zero-order chi connectivity index (χ0) is 13.8. The fourth-order valence-electron chi connectivity index (χ4n) is 1.45. The van der Waals surface area contributed by atoms with Gasteiger partial charge in [0.25, 0.3) is 5.91 Å². The number of nitrogens with one attached hydrogen (secondary N) is 1. The van der Waals surface area contributed by atoms with E-state index >= 15 is 0 Å². The highest BCUT2D eigenvalue weighted by atomic mass is 16.3. The minimum Gasteiger partial charge on any atom is -0.394 e. The fourth-order valence-corrected chi connectivity index (χ4v) is 1.45. The molecule has 0 aromatic carbocycles. The summed E-state index contributed by atoms with van der Waals surface area (Å²) >= 11 is 0. The van der Waals surface area contributed by atoms with Gasteiger partial charge in [0.05, 0.1) is 17.7 Å². The molecule has 0 fully saturated rings. The molecule has 100 valence electrons. The third kappa shape index (κ3) is 2.98. The lowest BCUT2D eigenvalue weighted by molar-refractivity contribution is 0.0474. The Morgan fingerprint density at radius 1 is 1.56 bits per heavy atom. The summed E-state index contributed by atoms with van der Waals surface area (Å²) in [5.74, 6) is 0.420. The number of hydrogen-bond donors (Lipinski definition) is 2. The largest absolute Gasteiger partial charge is 0.394 e. The van der Waals surface area contributed by atoms with E-state index in [0.717, 1.165) is 0 Å². The van der Waals surface area contributed by atoms with Gasteiger partial charge in [0.1, 0.15) is 5.82 Å². The molecular weight excluding hydrogens is 230 g/mol. The van der Waals surface area contributed by atoms with Crippen molar-refractivity contribution in [2.75, 3.05) is 25.5 Å². The summed E-state index contributed by atoms with van der Waals surface area (Å²) in [6.45, 7) is 6.18. The number of hydrogen-bond acceptors (Lipinski definition) is 4. The van der Waals surface area contributed by atoms with Crippen LogP contribution in [0.25, 0.3) is 0 Å². The Bertz CT molecular complexity index is 418. The molecule has 0 spiro atoms. The molecule has 0 unspecified atom stereocenters. The standard InChI is InChI=1S/C13H21N3O2/c1-5-14-11-10(7-6-8-15-11)12(18)16(4)13(2,3)9-17/h6-8,17H,5,9H2,1-4H3,(H,14,15). The number of rotatable bonds is 5. The molecule has 0 aliphatic heterocycles. The number of likely N-dealkylation sites (N-methyl/N-ethyl adjacent to an activating group) is 1. The van der Waals surface area contributed by atoms with Crippen LogP contribution < -0.4 is 5.32 Å². The monoisotopic (exact) mass is 251 g/mol. The number of amides is 1. The topological polar surface area (TPSA) is 65.5 Å². The van der Waals surface area contributed by atoms with Crippen LogP contribution in [-0.4, -0.2) is 46.6 Å². The van der Waals surface area contributed by atoms with Gasteiger partial charge in [-0.05, 0) is 32.9 Å². The van der Waals surface area contributed by atoms with Crippen molar-refractivity contribution < 1.29 is 9.90 Å². The molecule has 1 heterocycles. The number of anilines is 1. The van der Waals surface area contributed by atoms with E-state index in [4.69, 9.17) is 0 Å². The first-order valence-electron chi connectivity index (χ1n) is 6.02. The fraction of sp³-hybridized carbons (Fsp3) is 0.538. The number of aliphatic hydroxyl groups excluding tert-OH is 1. The second kappa shape index (κ2) is 5.82. The number of carbonyl (C=O) groups excluding carboxylic acids is 1. The van der Waals surface area contributed by atoms with Gasteiger partial charge in [-0.25, -0.2) is 4.98 Å². The zero-order valence-electron chi connectivity index (χ0n) is 11.4. The lowest BCUT2D eigenvalue weighted by Crippen LogP contribution is -2.47. The van der Waals surface area contributed by atoms with Crippen LogP contribution in [0.2, 0.25) is 0 Å². The lowest BCUT2D eigenvalue weighted by Gasteiger charge is -2.34. The van der Waals surface area contributed by atoms with Gasteiger partial charge >= 0.3 is 0 Å². The predicted octanol–water partition coefficient (Wildman–Crippen LogP) is 1.36. The summed E-state index contributed by atoms with van der Waals surface area (Å²) in [6.07, 6.45) is 1.64. The number of aromatic nitrogens is 1. The number of nitrogens with zero attached hydrogens (tertiary/aromatic N) is 2. The van der Waals surface area contributed by atoms with Crippen molar-refractivity contribution in [2.24, 2.45) is 0 Å². The first kappa shape index (κ1) is 14.4. The lowest BCUT2D eigenvalue weighted by atomic mass is 10.0. The Hall–Kier alpha value is -1.62. The molecule has 0 aliphatic rings. The summed E-state index contributed by atoms with van der Waals surface area (Å²) in [7, 11) is 1.68. The van der Waals surface area contributed by atoms with E-state index in [1.807, 2.05) is 20.8 Å². The zero-order valence-corrected chi connectivity index (χ0v) is 11.4. The van der Waals surface area contributed by atoms with Crippen molar-refractivity contribution >= 4 is 11.7 Å². The molecule has 0 radical (unpaired) electrons. The maximum Gasteiger partial charge on any atom is 0.257 e. The summed E-state index contributed by atoms with van der Waals surface area (Å²) in [4.78, 5) is 18.1. The van der Waals surface area contributed by atoms with Crippen LogP contribution >= 0.6 is 0 Å². The van der Waals surface area contributed by atoms with Crippen molar-refractivity contribution in [3.05, 3.63) is 23.9 Å². The molecule has 0 saturated heterocycles. The molecule has 18 heavy (non-hydrogen) atoms. The van der Waals surface area contributed by atoms with Crippen molar-refractivity contribution in [1.29, 1.82) is 0 Å². The van der Waals surface area contributed by atoms with Crippen LogP contribution in [0.15, 0.2) is 18.3 Å². The second-order valence-corrected chi connectivity index (χ2v) is 4.76. The predicted molar refractivity (Wildman–Crippen MR) is 71.7 cm³/mol. The van der Waals surface area contributed by atoms with Gasteiger partial charge in [-0.2, -0.15) is 0 Å². The van der Waals surface area contributed by atoms with Gasteiger partial charge in [-0.3, -0.25) is 4.79 Å². The summed E-state index contributed by atoms with van der Waals surface area (Å²) in [5.41, 5.74) is -0.0838. The average molecular weight is 251 g/mol. The third-order valence-corrected chi connectivity index (χ3v) is 2.98. The molecular formula is C13H21N3O2. The molecule has 5 nitrogen and oxygen atoms in total. The van der Waals surface area contributed by atoms with Crippen LogP contribution in [0.5, 0.6) is 0 Å². The summed E-state index contributed by atoms with van der Waals surface area (Å²) < 4.78 is 0. The van der Waals surface area contributed by atoms with E-state index in [9.17, 15) is 9.90 Å².